The Morgan fingerprint density at radius 3 is 2.76 bits per heavy atom. The molecule has 0 aliphatic heterocycles. The number of rotatable bonds is 6. The Bertz CT molecular complexity index is 581. The minimum atomic E-state index is -0.434. The second-order valence-corrected chi connectivity index (χ2v) is 6.17. The van der Waals surface area contributed by atoms with Crippen LogP contribution >= 0.6 is 27.7 Å². The van der Waals surface area contributed by atoms with Crippen molar-refractivity contribution in [1.29, 1.82) is 0 Å². The summed E-state index contributed by atoms with van der Waals surface area (Å²) < 4.78 is 5.91. The number of thioether (sulfide) groups is 1. The van der Waals surface area contributed by atoms with Crippen molar-refractivity contribution in [3.05, 3.63) is 27.7 Å². The highest BCUT2D eigenvalue weighted by Crippen LogP contribution is 2.28. The molecule has 6 heteroatoms. The molecule has 0 saturated heterocycles. The summed E-state index contributed by atoms with van der Waals surface area (Å²) in [5.41, 5.74) is 2.18. The van der Waals surface area contributed by atoms with Crippen LogP contribution in [0.1, 0.15) is 11.1 Å². The average molecular weight is 370 g/mol. The SMILES string of the molecule is C#CCNC(=O)COC(=O)CSc1cc(C)c(Br)cc1C. The van der Waals surface area contributed by atoms with Gasteiger partial charge in [-0.15, -0.1) is 18.2 Å². The molecule has 0 spiro atoms. The van der Waals surface area contributed by atoms with Gasteiger partial charge in [-0.05, 0) is 37.1 Å². The third kappa shape index (κ3) is 6.23. The van der Waals surface area contributed by atoms with Crippen LogP contribution < -0.4 is 5.32 Å². The minimum Gasteiger partial charge on any atom is -0.455 e. The quantitative estimate of drug-likeness (QED) is 0.475. The Morgan fingerprint density at radius 1 is 1.38 bits per heavy atom. The molecular formula is C15H16BrNO3S. The number of hydrogen-bond acceptors (Lipinski definition) is 4. The van der Waals surface area contributed by atoms with Gasteiger partial charge < -0.3 is 10.1 Å². The normalized spacial score (nSPS) is 9.81. The Balaban J connectivity index is 2.42. The van der Waals surface area contributed by atoms with Gasteiger partial charge in [0.2, 0.25) is 0 Å². The first-order valence-corrected chi connectivity index (χ1v) is 7.97. The Labute approximate surface area is 137 Å². The molecule has 1 aromatic carbocycles. The first-order chi connectivity index (χ1) is 9.93. The zero-order valence-electron chi connectivity index (χ0n) is 11.9. The van der Waals surface area contributed by atoms with Crippen molar-refractivity contribution in [1.82, 2.24) is 5.32 Å². The van der Waals surface area contributed by atoms with Gasteiger partial charge in [-0.3, -0.25) is 9.59 Å². The van der Waals surface area contributed by atoms with E-state index in [1.165, 1.54) is 11.8 Å². The molecule has 4 nitrogen and oxygen atoms in total. The lowest BCUT2D eigenvalue weighted by atomic mass is 10.2. The highest BCUT2D eigenvalue weighted by Gasteiger charge is 2.10. The van der Waals surface area contributed by atoms with Crippen LogP contribution in [0.25, 0.3) is 0 Å². The molecule has 112 valence electrons. The molecule has 1 N–H and O–H groups in total. The molecule has 0 heterocycles. The summed E-state index contributed by atoms with van der Waals surface area (Å²) in [4.78, 5) is 23.8. The number of ether oxygens (including phenoxy) is 1. The van der Waals surface area contributed by atoms with Gasteiger partial charge in [-0.2, -0.15) is 0 Å². The van der Waals surface area contributed by atoms with Crippen LogP contribution in [-0.4, -0.2) is 30.8 Å². The van der Waals surface area contributed by atoms with E-state index < -0.39 is 11.9 Å². The molecule has 0 radical (unpaired) electrons. The van der Waals surface area contributed by atoms with Crippen LogP contribution in [0.2, 0.25) is 0 Å². The fraction of sp³-hybridized carbons (Fsp3) is 0.333. The molecule has 21 heavy (non-hydrogen) atoms. The van der Waals surface area contributed by atoms with Crippen LogP contribution in [0.15, 0.2) is 21.5 Å². The van der Waals surface area contributed by atoms with Gasteiger partial charge in [-0.25, -0.2) is 0 Å². The first-order valence-electron chi connectivity index (χ1n) is 6.19. The smallest absolute Gasteiger partial charge is 0.316 e. The molecule has 0 unspecified atom stereocenters. The molecule has 1 rings (SSSR count). The third-order valence-electron chi connectivity index (χ3n) is 2.55. The van der Waals surface area contributed by atoms with Gasteiger partial charge in [0.05, 0.1) is 12.3 Å². The molecule has 0 aromatic heterocycles. The van der Waals surface area contributed by atoms with Crippen molar-refractivity contribution < 1.29 is 14.3 Å². The van der Waals surface area contributed by atoms with E-state index in [0.717, 1.165) is 20.5 Å². The van der Waals surface area contributed by atoms with Crippen molar-refractivity contribution in [3.8, 4) is 12.3 Å². The van der Waals surface area contributed by atoms with Crippen LogP contribution in [0.3, 0.4) is 0 Å². The van der Waals surface area contributed by atoms with Crippen LogP contribution in [0, 0.1) is 26.2 Å². The Morgan fingerprint density at radius 2 is 2.10 bits per heavy atom. The largest absolute Gasteiger partial charge is 0.455 e. The maximum atomic E-state index is 11.6. The number of aryl methyl sites for hydroxylation is 2. The number of benzene rings is 1. The summed E-state index contributed by atoms with van der Waals surface area (Å²) in [6.07, 6.45) is 5.00. The average Bonchev–Trinajstić information content (AvgIpc) is 2.45. The number of terminal acetylenes is 1. The van der Waals surface area contributed by atoms with Gasteiger partial charge in [0, 0.05) is 9.37 Å². The highest BCUT2D eigenvalue weighted by atomic mass is 79.9. The molecule has 0 bridgehead atoms. The second-order valence-electron chi connectivity index (χ2n) is 4.30. The van der Waals surface area contributed by atoms with E-state index in [4.69, 9.17) is 11.2 Å². The number of carbonyl (C=O) groups excluding carboxylic acids is 2. The van der Waals surface area contributed by atoms with Crippen LogP contribution in [0.5, 0.6) is 0 Å². The fourth-order valence-corrected chi connectivity index (χ4v) is 2.80. The number of amides is 1. The number of esters is 1. The monoisotopic (exact) mass is 369 g/mol. The van der Waals surface area contributed by atoms with E-state index in [1.54, 1.807) is 0 Å². The van der Waals surface area contributed by atoms with Crippen LogP contribution in [0.4, 0.5) is 0 Å². The zero-order chi connectivity index (χ0) is 15.8. The van der Waals surface area contributed by atoms with Crippen LogP contribution in [-0.2, 0) is 14.3 Å². The lowest BCUT2D eigenvalue weighted by molar-refractivity contribution is -0.145. The van der Waals surface area contributed by atoms with Crippen molar-refractivity contribution in [2.75, 3.05) is 18.9 Å². The zero-order valence-corrected chi connectivity index (χ0v) is 14.3. The van der Waals surface area contributed by atoms with E-state index in [9.17, 15) is 9.59 Å². The molecule has 0 aliphatic carbocycles. The lowest BCUT2D eigenvalue weighted by Gasteiger charge is -2.09. The van der Waals surface area contributed by atoms with Crippen molar-refractivity contribution in [2.45, 2.75) is 18.7 Å². The molecule has 1 aromatic rings. The summed E-state index contributed by atoms with van der Waals surface area (Å²) in [6, 6.07) is 4.02. The van der Waals surface area contributed by atoms with Crippen molar-refractivity contribution >= 4 is 39.6 Å². The van der Waals surface area contributed by atoms with Gasteiger partial charge in [-0.1, -0.05) is 21.9 Å². The summed E-state index contributed by atoms with van der Waals surface area (Å²) in [7, 11) is 0. The Hall–Kier alpha value is -1.45. The first kappa shape index (κ1) is 17.6. The molecule has 0 saturated carbocycles. The van der Waals surface area contributed by atoms with E-state index >= 15 is 0 Å². The van der Waals surface area contributed by atoms with Gasteiger partial charge in [0.25, 0.3) is 5.91 Å². The standard InChI is InChI=1S/C15H16BrNO3S/c1-4-5-17-14(18)8-20-15(19)9-21-13-7-10(2)12(16)6-11(13)3/h1,6-7H,5,8-9H2,2-3H3,(H,17,18). The maximum absolute atomic E-state index is 11.6. The summed E-state index contributed by atoms with van der Waals surface area (Å²) in [5, 5.41) is 2.42. The second kappa shape index (κ2) is 8.75. The summed E-state index contributed by atoms with van der Waals surface area (Å²) >= 11 is 4.85. The minimum absolute atomic E-state index is 0.127. The molecule has 1 amide bonds. The predicted octanol–water partition coefficient (Wildman–Crippen LogP) is 2.45. The molecule has 0 aliphatic rings. The molecule has 0 atom stereocenters. The summed E-state index contributed by atoms with van der Waals surface area (Å²) in [5.74, 6) is 1.59. The van der Waals surface area contributed by atoms with Gasteiger partial charge >= 0.3 is 5.97 Å². The van der Waals surface area contributed by atoms with E-state index in [0.29, 0.717) is 0 Å². The molecule has 0 fully saturated rings. The molecular weight excluding hydrogens is 354 g/mol. The number of carbonyl (C=O) groups is 2. The Kier molecular flexibility index (Phi) is 7.34. The predicted molar refractivity (Wildman–Crippen MR) is 87.1 cm³/mol. The van der Waals surface area contributed by atoms with Crippen molar-refractivity contribution in [2.24, 2.45) is 0 Å². The third-order valence-corrected chi connectivity index (χ3v) is 4.54. The number of halogens is 1. The van der Waals surface area contributed by atoms with Gasteiger partial charge in [0.15, 0.2) is 6.61 Å². The number of nitrogens with one attached hydrogen (secondary N) is 1. The van der Waals surface area contributed by atoms with Gasteiger partial charge in [0.1, 0.15) is 0 Å². The van der Waals surface area contributed by atoms with E-state index in [1.807, 2.05) is 26.0 Å². The highest BCUT2D eigenvalue weighted by molar-refractivity contribution is 9.10. The topological polar surface area (TPSA) is 55.4 Å². The maximum Gasteiger partial charge on any atom is 0.316 e. The summed E-state index contributed by atoms with van der Waals surface area (Å²) in [6.45, 7) is 3.79. The van der Waals surface area contributed by atoms with Crippen molar-refractivity contribution in [3.63, 3.8) is 0 Å². The fourth-order valence-electron chi connectivity index (χ4n) is 1.44. The number of hydrogen-bond donors (Lipinski definition) is 1. The van der Waals surface area contributed by atoms with E-state index in [2.05, 4.69) is 27.2 Å². The van der Waals surface area contributed by atoms with E-state index in [-0.39, 0.29) is 18.9 Å². The lowest BCUT2D eigenvalue weighted by Crippen LogP contribution is -2.29.